The van der Waals surface area contributed by atoms with Crippen LogP contribution in [0.1, 0.15) is 64.0 Å². The number of amides is 1. The van der Waals surface area contributed by atoms with E-state index < -0.39 is 5.60 Å². The number of hydrogen-bond acceptors (Lipinski definition) is 3. The third kappa shape index (κ3) is 3.48. The number of fused-ring (bicyclic) bond motifs is 2. The summed E-state index contributed by atoms with van der Waals surface area (Å²) in [7, 11) is 0. The summed E-state index contributed by atoms with van der Waals surface area (Å²) >= 11 is 0. The summed E-state index contributed by atoms with van der Waals surface area (Å²) in [6.45, 7) is 7.36. The Morgan fingerprint density at radius 2 is 1.96 bits per heavy atom. The molecule has 0 aromatic heterocycles. The molecule has 26 heavy (non-hydrogen) atoms. The number of piperidine rings is 1. The molecule has 2 atom stereocenters. The Kier molecular flexibility index (Phi) is 4.50. The molecule has 0 radical (unpaired) electrons. The van der Waals surface area contributed by atoms with Crippen molar-refractivity contribution in [2.45, 2.75) is 82.4 Å². The Hall–Kier alpha value is -1.55. The summed E-state index contributed by atoms with van der Waals surface area (Å²) in [6, 6.07) is 10.2. The van der Waals surface area contributed by atoms with Crippen LogP contribution in [0.3, 0.4) is 0 Å². The maximum atomic E-state index is 12.2. The Morgan fingerprint density at radius 3 is 2.69 bits per heavy atom. The van der Waals surface area contributed by atoms with Gasteiger partial charge >= 0.3 is 6.09 Å². The second-order valence-electron chi connectivity index (χ2n) is 9.33. The van der Waals surface area contributed by atoms with E-state index in [2.05, 4.69) is 29.6 Å². The molecule has 1 heterocycles. The molecule has 2 fully saturated rings. The second-order valence-corrected chi connectivity index (χ2v) is 9.33. The van der Waals surface area contributed by atoms with Crippen molar-refractivity contribution in [1.82, 2.24) is 10.2 Å². The molecule has 3 aliphatic rings. The van der Waals surface area contributed by atoms with Gasteiger partial charge in [0.25, 0.3) is 0 Å². The second kappa shape index (κ2) is 6.56. The number of hydrogen-bond donors (Lipinski definition) is 1. The van der Waals surface area contributed by atoms with E-state index in [4.69, 9.17) is 4.74 Å². The molecule has 1 aromatic rings. The lowest BCUT2D eigenvalue weighted by molar-refractivity contribution is 0.0197. The summed E-state index contributed by atoms with van der Waals surface area (Å²) in [5, 5.41) is 3.92. The van der Waals surface area contributed by atoms with Crippen molar-refractivity contribution in [1.29, 1.82) is 0 Å². The molecule has 1 saturated heterocycles. The third-order valence-electron chi connectivity index (χ3n) is 6.28. The monoisotopic (exact) mass is 356 g/mol. The Labute approximate surface area is 157 Å². The minimum atomic E-state index is -0.416. The smallest absolute Gasteiger partial charge is 0.410 e. The lowest BCUT2D eigenvalue weighted by Crippen LogP contribution is -2.47. The van der Waals surface area contributed by atoms with Crippen molar-refractivity contribution in [2.75, 3.05) is 13.1 Å². The van der Waals surface area contributed by atoms with Crippen molar-refractivity contribution in [2.24, 2.45) is 0 Å². The van der Waals surface area contributed by atoms with Gasteiger partial charge in [-0.15, -0.1) is 0 Å². The average Bonchev–Trinajstić information content (AvgIpc) is 3.27. The predicted octanol–water partition coefficient (Wildman–Crippen LogP) is 4.02. The van der Waals surface area contributed by atoms with Gasteiger partial charge in [-0.2, -0.15) is 0 Å². The Bertz CT molecular complexity index is 673. The minimum absolute atomic E-state index is 0.167. The van der Waals surface area contributed by atoms with Crippen LogP contribution in [0.4, 0.5) is 4.79 Å². The number of nitrogens with one attached hydrogen (secondary N) is 1. The molecule has 2 unspecified atom stereocenters. The maximum absolute atomic E-state index is 12.2. The molecule has 1 N–H and O–H groups in total. The summed E-state index contributed by atoms with van der Waals surface area (Å²) < 4.78 is 5.50. The van der Waals surface area contributed by atoms with E-state index in [9.17, 15) is 4.79 Å². The Morgan fingerprint density at radius 1 is 1.23 bits per heavy atom. The number of benzene rings is 1. The highest BCUT2D eigenvalue weighted by Crippen LogP contribution is 2.55. The normalized spacial score (nSPS) is 28.7. The number of rotatable bonds is 2. The van der Waals surface area contributed by atoms with Crippen molar-refractivity contribution in [3.05, 3.63) is 35.4 Å². The molecule has 1 aromatic carbocycles. The fourth-order valence-corrected chi connectivity index (χ4v) is 4.89. The van der Waals surface area contributed by atoms with Crippen molar-refractivity contribution in [3.8, 4) is 0 Å². The lowest BCUT2D eigenvalue weighted by Gasteiger charge is -2.34. The van der Waals surface area contributed by atoms with Crippen LogP contribution >= 0.6 is 0 Å². The molecule has 1 amide bonds. The zero-order valence-corrected chi connectivity index (χ0v) is 16.4. The first-order valence-electron chi connectivity index (χ1n) is 10.2. The van der Waals surface area contributed by atoms with E-state index in [0.29, 0.717) is 17.5 Å². The molecule has 4 heteroatoms. The quantitative estimate of drug-likeness (QED) is 0.870. The van der Waals surface area contributed by atoms with E-state index >= 15 is 0 Å². The number of aryl methyl sites for hydroxylation is 1. The van der Waals surface area contributed by atoms with E-state index in [0.717, 1.165) is 25.9 Å². The highest BCUT2D eigenvalue weighted by Gasteiger charge is 2.56. The average molecular weight is 357 g/mol. The fraction of sp³-hybridized carbons (Fsp3) is 0.682. The maximum Gasteiger partial charge on any atom is 0.410 e. The number of ether oxygens (including phenoxy) is 1. The first kappa shape index (κ1) is 17.8. The van der Waals surface area contributed by atoms with Crippen molar-refractivity contribution in [3.63, 3.8) is 0 Å². The van der Waals surface area contributed by atoms with Gasteiger partial charge in [0.1, 0.15) is 5.60 Å². The standard InChI is InChI=1S/C22H32N2O2/c1-21(2,3)26-20(25)24-13-10-17(11-14-24)23-19-15-22(19)12-6-8-16-7-4-5-9-18(16)22/h4-5,7,9,17,19,23H,6,8,10-15H2,1-3H3. The van der Waals surface area contributed by atoms with Crippen LogP contribution in [0.15, 0.2) is 24.3 Å². The van der Waals surface area contributed by atoms with Crippen LogP contribution in [0.25, 0.3) is 0 Å². The number of carbonyl (C=O) groups excluding carboxylic acids is 1. The predicted molar refractivity (Wildman–Crippen MR) is 103 cm³/mol. The first-order chi connectivity index (χ1) is 12.4. The molecular formula is C22H32N2O2. The van der Waals surface area contributed by atoms with E-state index in [1.165, 1.54) is 25.7 Å². The SMILES string of the molecule is CC(C)(C)OC(=O)N1CCC(NC2CC23CCCc2ccccc23)CC1. The molecule has 2 aliphatic carbocycles. The highest BCUT2D eigenvalue weighted by atomic mass is 16.6. The molecule has 4 rings (SSSR count). The minimum Gasteiger partial charge on any atom is -0.444 e. The van der Waals surface area contributed by atoms with Crippen LogP contribution in [0.2, 0.25) is 0 Å². The van der Waals surface area contributed by atoms with Gasteiger partial charge in [0.15, 0.2) is 0 Å². The molecule has 0 bridgehead atoms. The lowest BCUT2D eigenvalue weighted by atomic mass is 9.79. The van der Waals surface area contributed by atoms with Gasteiger partial charge in [-0.1, -0.05) is 24.3 Å². The molecule has 4 nitrogen and oxygen atoms in total. The van der Waals surface area contributed by atoms with Gasteiger partial charge in [-0.05, 0) is 70.4 Å². The molecule has 1 spiro atoms. The van der Waals surface area contributed by atoms with Crippen LogP contribution < -0.4 is 5.32 Å². The van der Waals surface area contributed by atoms with Gasteiger partial charge < -0.3 is 15.0 Å². The number of likely N-dealkylation sites (tertiary alicyclic amines) is 1. The van der Waals surface area contributed by atoms with E-state index in [1.807, 2.05) is 25.7 Å². The summed E-state index contributed by atoms with van der Waals surface area (Å²) in [5.41, 5.74) is 3.12. The first-order valence-corrected chi connectivity index (χ1v) is 10.2. The zero-order valence-electron chi connectivity index (χ0n) is 16.4. The topological polar surface area (TPSA) is 41.6 Å². The zero-order chi connectivity index (χ0) is 18.4. The van der Waals surface area contributed by atoms with Gasteiger partial charge in [-0.25, -0.2) is 4.79 Å². The van der Waals surface area contributed by atoms with Crippen molar-refractivity contribution >= 4 is 6.09 Å². The molecule has 1 aliphatic heterocycles. The summed E-state index contributed by atoms with van der Waals surface area (Å²) in [5.74, 6) is 0. The van der Waals surface area contributed by atoms with Gasteiger partial charge in [-0.3, -0.25) is 0 Å². The molecular weight excluding hydrogens is 324 g/mol. The Balaban J connectivity index is 1.31. The third-order valence-corrected chi connectivity index (χ3v) is 6.28. The molecule has 1 saturated carbocycles. The van der Waals surface area contributed by atoms with Crippen LogP contribution in [0, 0.1) is 0 Å². The van der Waals surface area contributed by atoms with Crippen LogP contribution in [0.5, 0.6) is 0 Å². The molecule has 142 valence electrons. The summed E-state index contributed by atoms with van der Waals surface area (Å²) in [4.78, 5) is 14.1. The van der Waals surface area contributed by atoms with Gasteiger partial charge in [0.05, 0.1) is 0 Å². The number of nitrogens with zero attached hydrogens (tertiary/aromatic N) is 1. The number of carbonyl (C=O) groups is 1. The van der Waals surface area contributed by atoms with Crippen LogP contribution in [-0.2, 0) is 16.6 Å². The fourth-order valence-electron chi connectivity index (χ4n) is 4.89. The largest absolute Gasteiger partial charge is 0.444 e. The van der Waals surface area contributed by atoms with Gasteiger partial charge in [0.2, 0.25) is 0 Å². The van der Waals surface area contributed by atoms with E-state index in [1.54, 1.807) is 11.1 Å². The summed E-state index contributed by atoms with van der Waals surface area (Å²) in [6.07, 6.45) is 7.01. The highest BCUT2D eigenvalue weighted by molar-refractivity contribution is 5.68. The van der Waals surface area contributed by atoms with Crippen molar-refractivity contribution < 1.29 is 9.53 Å². The van der Waals surface area contributed by atoms with Gasteiger partial charge in [0, 0.05) is 30.6 Å². The van der Waals surface area contributed by atoms with E-state index in [-0.39, 0.29) is 6.09 Å². The van der Waals surface area contributed by atoms with Crippen LogP contribution in [-0.4, -0.2) is 41.8 Å².